The van der Waals surface area contributed by atoms with Gasteiger partial charge in [-0.2, -0.15) is 0 Å². The van der Waals surface area contributed by atoms with Gasteiger partial charge in [0.05, 0.1) is 16.7 Å². The average molecular weight is 432 g/mol. The van der Waals surface area contributed by atoms with Gasteiger partial charge in [0.2, 0.25) is 0 Å². The van der Waals surface area contributed by atoms with Gasteiger partial charge in [0.1, 0.15) is 30.5 Å². The third kappa shape index (κ3) is 6.26. The third-order valence-electron chi connectivity index (χ3n) is 3.99. The van der Waals surface area contributed by atoms with Gasteiger partial charge in [-0.05, 0) is 36.8 Å². The lowest BCUT2D eigenvalue weighted by Crippen LogP contribution is -2.12. The molecule has 162 valence electrons. The molecule has 0 aliphatic rings. The molecule has 0 saturated carbocycles. The molecule has 0 spiro atoms. The Kier molecular flexibility index (Phi) is 6.81. The Morgan fingerprint density at radius 3 is 2.65 bits per heavy atom. The fraction of sp³-hybridized carbons (Fsp3) is 0.190. The normalized spacial score (nSPS) is 10.7. The van der Waals surface area contributed by atoms with Crippen LogP contribution in [0.15, 0.2) is 59.0 Å². The van der Waals surface area contributed by atoms with Crippen molar-refractivity contribution in [3.8, 4) is 11.5 Å². The van der Waals surface area contributed by atoms with Crippen LogP contribution in [0.1, 0.15) is 21.9 Å². The molecule has 0 unspecified atom stereocenters. The molecular formula is C21H18F2N2O6. The molecule has 3 aromatic rings. The first-order valence-electron chi connectivity index (χ1n) is 9.10. The van der Waals surface area contributed by atoms with Gasteiger partial charge in [-0.1, -0.05) is 12.1 Å². The quantitative estimate of drug-likeness (QED) is 0.378. The summed E-state index contributed by atoms with van der Waals surface area (Å²) in [6.07, 6.45) is -2.75. The fourth-order valence-electron chi connectivity index (χ4n) is 2.63. The van der Waals surface area contributed by atoms with Crippen LogP contribution < -0.4 is 14.8 Å². The summed E-state index contributed by atoms with van der Waals surface area (Å²) in [5.74, 6) is 0.143. The van der Waals surface area contributed by atoms with Gasteiger partial charge >= 0.3 is 0 Å². The predicted octanol–water partition coefficient (Wildman–Crippen LogP) is 4.97. The standard InChI is InChI=1S/C21H18F2N2O6/c1-13-3-2-4-16(7-13)29-11-17-5-6-19(31-17)21(26)24-14-8-15(25(27)28)10-18(9-14)30-12-20(22)23/h2-10,20H,11-12H2,1H3,(H,24,26). The number of aryl methyl sites for hydroxylation is 1. The van der Waals surface area contributed by atoms with E-state index >= 15 is 0 Å². The zero-order chi connectivity index (χ0) is 22.4. The maximum atomic E-state index is 12.4. The average Bonchev–Trinajstić information content (AvgIpc) is 3.20. The van der Waals surface area contributed by atoms with E-state index in [4.69, 9.17) is 13.9 Å². The molecular weight excluding hydrogens is 414 g/mol. The second kappa shape index (κ2) is 9.70. The molecule has 31 heavy (non-hydrogen) atoms. The summed E-state index contributed by atoms with van der Waals surface area (Å²) in [6.45, 7) is 1.09. The van der Waals surface area contributed by atoms with Crippen molar-refractivity contribution in [3.05, 3.63) is 81.8 Å². The van der Waals surface area contributed by atoms with Crippen LogP contribution in [-0.4, -0.2) is 23.9 Å². The molecule has 2 aromatic carbocycles. The first-order valence-corrected chi connectivity index (χ1v) is 9.10. The number of rotatable bonds is 9. The Labute approximate surface area is 175 Å². The van der Waals surface area contributed by atoms with E-state index < -0.39 is 29.6 Å². The number of nitrogens with zero attached hydrogens (tertiary/aromatic N) is 1. The highest BCUT2D eigenvalue weighted by atomic mass is 19.3. The highest BCUT2D eigenvalue weighted by Crippen LogP contribution is 2.27. The number of nitro benzene ring substituents is 1. The number of hydrogen-bond donors (Lipinski definition) is 1. The molecule has 1 heterocycles. The minimum Gasteiger partial charge on any atom is -0.487 e. The summed E-state index contributed by atoms with van der Waals surface area (Å²) in [6, 6.07) is 13.7. The lowest BCUT2D eigenvalue weighted by atomic mass is 10.2. The van der Waals surface area contributed by atoms with Gasteiger partial charge in [0.15, 0.2) is 5.76 Å². The van der Waals surface area contributed by atoms with Gasteiger partial charge < -0.3 is 19.2 Å². The van der Waals surface area contributed by atoms with E-state index in [1.54, 1.807) is 12.1 Å². The highest BCUT2D eigenvalue weighted by Gasteiger charge is 2.16. The molecule has 0 bridgehead atoms. The second-order valence-corrected chi connectivity index (χ2v) is 6.50. The number of anilines is 1. The lowest BCUT2D eigenvalue weighted by Gasteiger charge is -2.09. The van der Waals surface area contributed by atoms with Crippen molar-refractivity contribution in [2.24, 2.45) is 0 Å². The van der Waals surface area contributed by atoms with Crippen molar-refractivity contribution in [3.63, 3.8) is 0 Å². The Bertz CT molecular complexity index is 1080. The number of amides is 1. The number of carbonyl (C=O) groups excluding carboxylic acids is 1. The molecule has 0 radical (unpaired) electrons. The summed E-state index contributed by atoms with van der Waals surface area (Å²) < 4.78 is 40.6. The monoisotopic (exact) mass is 432 g/mol. The van der Waals surface area contributed by atoms with Crippen LogP contribution in [0.5, 0.6) is 11.5 Å². The zero-order valence-corrected chi connectivity index (χ0v) is 16.3. The van der Waals surface area contributed by atoms with Crippen LogP contribution >= 0.6 is 0 Å². The van der Waals surface area contributed by atoms with Crippen molar-refractivity contribution in [2.45, 2.75) is 20.0 Å². The number of carbonyl (C=O) groups is 1. The molecule has 0 aliphatic carbocycles. The van der Waals surface area contributed by atoms with Crippen LogP contribution in [0, 0.1) is 17.0 Å². The topological polar surface area (TPSA) is 104 Å². The number of halogens is 2. The maximum absolute atomic E-state index is 12.4. The zero-order valence-electron chi connectivity index (χ0n) is 16.3. The van der Waals surface area contributed by atoms with Crippen molar-refractivity contribution in [1.82, 2.24) is 0 Å². The third-order valence-corrected chi connectivity index (χ3v) is 3.99. The minimum atomic E-state index is -2.75. The molecule has 10 heteroatoms. The van der Waals surface area contributed by atoms with Crippen LogP contribution in [0.25, 0.3) is 0 Å². The molecule has 0 atom stereocenters. The number of hydrogen-bond acceptors (Lipinski definition) is 6. The van der Waals surface area contributed by atoms with Gasteiger partial charge in [0.25, 0.3) is 18.0 Å². The largest absolute Gasteiger partial charge is 0.487 e. The Balaban J connectivity index is 1.67. The van der Waals surface area contributed by atoms with E-state index in [0.717, 1.165) is 17.7 Å². The number of benzene rings is 2. The molecule has 3 rings (SSSR count). The van der Waals surface area contributed by atoms with E-state index in [1.165, 1.54) is 12.1 Å². The van der Waals surface area contributed by atoms with E-state index in [-0.39, 0.29) is 23.8 Å². The summed E-state index contributed by atoms with van der Waals surface area (Å²) in [7, 11) is 0. The number of nitro groups is 1. The molecule has 0 saturated heterocycles. The minimum absolute atomic E-state index is 0.00238. The molecule has 1 aromatic heterocycles. The fourth-order valence-corrected chi connectivity index (χ4v) is 2.63. The Morgan fingerprint density at radius 2 is 1.94 bits per heavy atom. The first kappa shape index (κ1) is 21.8. The highest BCUT2D eigenvalue weighted by molar-refractivity contribution is 6.02. The smallest absolute Gasteiger partial charge is 0.291 e. The van der Waals surface area contributed by atoms with E-state index in [1.807, 2.05) is 25.1 Å². The van der Waals surface area contributed by atoms with Crippen LogP contribution in [0.4, 0.5) is 20.2 Å². The van der Waals surface area contributed by atoms with Gasteiger partial charge in [-0.3, -0.25) is 14.9 Å². The predicted molar refractivity (Wildman–Crippen MR) is 107 cm³/mol. The van der Waals surface area contributed by atoms with E-state index in [2.05, 4.69) is 5.32 Å². The van der Waals surface area contributed by atoms with E-state index in [9.17, 15) is 23.7 Å². The summed E-state index contributed by atoms with van der Waals surface area (Å²) >= 11 is 0. The maximum Gasteiger partial charge on any atom is 0.291 e. The van der Waals surface area contributed by atoms with Crippen molar-refractivity contribution >= 4 is 17.3 Å². The Hall–Kier alpha value is -3.95. The number of non-ortho nitro benzene ring substituents is 1. The molecule has 8 nitrogen and oxygen atoms in total. The van der Waals surface area contributed by atoms with Crippen LogP contribution in [-0.2, 0) is 6.61 Å². The van der Waals surface area contributed by atoms with Crippen LogP contribution in [0.2, 0.25) is 0 Å². The number of alkyl halides is 2. The van der Waals surface area contributed by atoms with Crippen molar-refractivity contribution in [2.75, 3.05) is 11.9 Å². The number of ether oxygens (including phenoxy) is 2. The van der Waals surface area contributed by atoms with Crippen molar-refractivity contribution < 1.29 is 32.4 Å². The van der Waals surface area contributed by atoms with E-state index in [0.29, 0.717) is 11.5 Å². The summed E-state index contributed by atoms with van der Waals surface area (Å²) in [5, 5.41) is 13.5. The molecule has 1 amide bonds. The van der Waals surface area contributed by atoms with Crippen LogP contribution in [0.3, 0.4) is 0 Å². The van der Waals surface area contributed by atoms with Gasteiger partial charge in [0, 0.05) is 12.1 Å². The molecule has 0 aliphatic heterocycles. The first-order chi connectivity index (χ1) is 14.8. The number of furan rings is 1. The second-order valence-electron chi connectivity index (χ2n) is 6.50. The SMILES string of the molecule is Cc1cccc(OCc2ccc(C(=O)Nc3cc(OCC(F)F)cc([N+](=O)[O-])c3)o2)c1. The summed E-state index contributed by atoms with van der Waals surface area (Å²) in [4.78, 5) is 22.8. The van der Waals surface area contributed by atoms with Gasteiger partial charge in [-0.15, -0.1) is 0 Å². The molecule has 0 fully saturated rings. The Morgan fingerprint density at radius 1 is 1.13 bits per heavy atom. The summed E-state index contributed by atoms with van der Waals surface area (Å²) in [5.41, 5.74) is 0.608. The van der Waals surface area contributed by atoms with Crippen molar-refractivity contribution in [1.29, 1.82) is 0 Å². The number of nitrogens with one attached hydrogen (secondary N) is 1. The lowest BCUT2D eigenvalue weighted by molar-refractivity contribution is -0.384. The molecule has 1 N–H and O–H groups in total. The van der Waals surface area contributed by atoms with Gasteiger partial charge in [-0.25, -0.2) is 8.78 Å².